The van der Waals surface area contributed by atoms with Crippen LogP contribution in [0.4, 0.5) is 0 Å². The Labute approximate surface area is 138 Å². The summed E-state index contributed by atoms with van der Waals surface area (Å²) in [5.74, 6) is -0.0480. The van der Waals surface area contributed by atoms with Crippen LogP contribution in [0.3, 0.4) is 0 Å². The van der Waals surface area contributed by atoms with Gasteiger partial charge in [-0.3, -0.25) is 9.59 Å². The van der Waals surface area contributed by atoms with Gasteiger partial charge in [0.25, 0.3) is 0 Å². The van der Waals surface area contributed by atoms with E-state index in [9.17, 15) is 9.59 Å². The van der Waals surface area contributed by atoms with Gasteiger partial charge in [0, 0.05) is 25.0 Å². The van der Waals surface area contributed by atoms with Gasteiger partial charge in [-0.1, -0.05) is 13.3 Å². The second-order valence-corrected chi connectivity index (χ2v) is 6.03. The Bertz CT molecular complexity index is 375. The average molecular weight is 334 g/mol. The number of halogens is 1. The summed E-state index contributed by atoms with van der Waals surface area (Å²) in [4.78, 5) is 26.6. The van der Waals surface area contributed by atoms with Crippen LogP contribution in [0.15, 0.2) is 0 Å². The van der Waals surface area contributed by atoms with Crippen molar-refractivity contribution in [3.63, 3.8) is 0 Å². The van der Waals surface area contributed by atoms with Gasteiger partial charge in [-0.2, -0.15) is 0 Å². The largest absolute Gasteiger partial charge is 0.378 e. The Morgan fingerprint density at radius 1 is 1.32 bits per heavy atom. The lowest BCUT2D eigenvalue weighted by Crippen LogP contribution is -2.53. The second kappa shape index (κ2) is 9.33. The van der Waals surface area contributed by atoms with Gasteiger partial charge < -0.3 is 20.7 Å². The maximum absolute atomic E-state index is 12.4. The standard InChI is InChI=1S/C15H27N3O3.ClH/c1-2-13(15(20)18-6-8-21-9-7-18)17-14(19)11-4-3-5-12(16)10-11;/h11-13H,2-10,16H2,1H3,(H,17,19);1H. The molecule has 6 nitrogen and oxygen atoms in total. The van der Waals surface area contributed by atoms with E-state index in [1.807, 2.05) is 6.92 Å². The zero-order valence-electron chi connectivity index (χ0n) is 13.3. The molecule has 1 saturated heterocycles. The van der Waals surface area contributed by atoms with E-state index in [1.165, 1.54) is 0 Å². The number of rotatable bonds is 4. The molecule has 0 aromatic carbocycles. The third-order valence-electron chi connectivity index (χ3n) is 4.43. The number of carbonyl (C=O) groups is 2. The van der Waals surface area contributed by atoms with Gasteiger partial charge in [-0.05, 0) is 25.7 Å². The number of amides is 2. The molecule has 0 aromatic heterocycles. The van der Waals surface area contributed by atoms with Crippen LogP contribution in [0.25, 0.3) is 0 Å². The van der Waals surface area contributed by atoms with Crippen molar-refractivity contribution in [2.75, 3.05) is 26.3 Å². The first-order chi connectivity index (χ1) is 10.1. The topological polar surface area (TPSA) is 84.7 Å². The smallest absolute Gasteiger partial charge is 0.245 e. The third-order valence-corrected chi connectivity index (χ3v) is 4.43. The predicted molar refractivity (Wildman–Crippen MR) is 86.8 cm³/mol. The van der Waals surface area contributed by atoms with E-state index in [0.29, 0.717) is 32.7 Å². The molecule has 1 aliphatic heterocycles. The highest BCUT2D eigenvalue weighted by molar-refractivity contribution is 5.88. The van der Waals surface area contributed by atoms with Crippen LogP contribution in [-0.4, -0.2) is 55.1 Å². The fourth-order valence-electron chi connectivity index (χ4n) is 3.10. The van der Waals surface area contributed by atoms with Crippen LogP contribution in [0.1, 0.15) is 39.0 Å². The summed E-state index contributed by atoms with van der Waals surface area (Å²) in [7, 11) is 0. The monoisotopic (exact) mass is 333 g/mol. The number of hydrogen-bond acceptors (Lipinski definition) is 4. The van der Waals surface area contributed by atoms with Gasteiger partial charge in [-0.25, -0.2) is 0 Å². The minimum atomic E-state index is -0.422. The number of ether oxygens (including phenoxy) is 1. The molecule has 22 heavy (non-hydrogen) atoms. The lowest BCUT2D eigenvalue weighted by Gasteiger charge is -2.32. The van der Waals surface area contributed by atoms with Gasteiger partial charge in [-0.15, -0.1) is 12.4 Å². The number of nitrogens with one attached hydrogen (secondary N) is 1. The van der Waals surface area contributed by atoms with Crippen molar-refractivity contribution in [3.8, 4) is 0 Å². The highest BCUT2D eigenvalue weighted by Crippen LogP contribution is 2.23. The van der Waals surface area contributed by atoms with Gasteiger partial charge in [0.15, 0.2) is 0 Å². The first kappa shape index (κ1) is 19.2. The maximum Gasteiger partial charge on any atom is 0.245 e. The van der Waals surface area contributed by atoms with E-state index in [4.69, 9.17) is 10.5 Å². The molecule has 1 aliphatic carbocycles. The molecule has 128 valence electrons. The minimum Gasteiger partial charge on any atom is -0.378 e. The molecular weight excluding hydrogens is 306 g/mol. The van der Waals surface area contributed by atoms with Crippen molar-refractivity contribution in [3.05, 3.63) is 0 Å². The van der Waals surface area contributed by atoms with Crippen LogP contribution >= 0.6 is 12.4 Å². The van der Waals surface area contributed by atoms with Crippen LogP contribution in [0, 0.1) is 5.92 Å². The SMILES string of the molecule is CCC(NC(=O)C1CCCC(N)C1)C(=O)N1CCOCC1.Cl. The molecule has 0 bridgehead atoms. The quantitative estimate of drug-likeness (QED) is 0.792. The van der Waals surface area contributed by atoms with Crippen LogP contribution < -0.4 is 11.1 Å². The first-order valence-corrected chi connectivity index (χ1v) is 8.04. The highest BCUT2D eigenvalue weighted by atomic mass is 35.5. The minimum absolute atomic E-state index is 0. The number of morpholine rings is 1. The van der Waals surface area contributed by atoms with Crippen molar-refractivity contribution in [2.45, 2.75) is 51.1 Å². The molecule has 3 unspecified atom stereocenters. The lowest BCUT2D eigenvalue weighted by atomic mass is 9.85. The van der Waals surface area contributed by atoms with Crippen molar-refractivity contribution in [1.82, 2.24) is 10.2 Å². The average Bonchev–Trinajstić information content (AvgIpc) is 2.52. The number of nitrogens with two attached hydrogens (primary N) is 1. The molecule has 7 heteroatoms. The summed E-state index contributed by atoms with van der Waals surface area (Å²) in [6.45, 7) is 4.30. The summed E-state index contributed by atoms with van der Waals surface area (Å²) in [5, 5.41) is 2.93. The maximum atomic E-state index is 12.4. The fraction of sp³-hybridized carbons (Fsp3) is 0.867. The summed E-state index contributed by atoms with van der Waals surface area (Å²) in [6, 6.07) is -0.307. The van der Waals surface area contributed by atoms with Crippen molar-refractivity contribution >= 4 is 24.2 Å². The van der Waals surface area contributed by atoms with Gasteiger partial charge in [0.1, 0.15) is 6.04 Å². The molecule has 0 radical (unpaired) electrons. The van der Waals surface area contributed by atoms with Gasteiger partial charge in [0.05, 0.1) is 13.2 Å². The summed E-state index contributed by atoms with van der Waals surface area (Å²) in [5.41, 5.74) is 5.93. The Kier molecular flexibility index (Phi) is 8.14. The molecule has 0 aromatic rings. The van der Waals surface area contributed by atoms with Crippen molar-refractivity contribution < 1.29 is 14.3 Å². The molecule has 0 spiro atoms. The second-order valence-electron chi connectivity index (χ2n) is 6.03. The van der Waals surface area contributed by atoms with E-state index in [1.54, 1.807) is 4.90 Å². The van der Waals surface area contributed by atoms with Crippen molar-refractivity contribution in [1.29, 1.82) is 0 Å². The first-order valence-electron chi connectivity index (χ1n) is 8.04. The van der Waals surface area contributed by atoms with Gasteiger partial charge >= 0.3 is 0 Å². The Hall–Kier alpha value is -0.850. The Morgan fingerprint density at radius 3 is 2.59 bits per heavy atom. The fourth-order valence-corrected chi connectivity index (χ4v) is 3.10. The predicted octanol–water partition coefficient (Wildman–Crippen LogP) is 0.679. The van der Waals surface area contributed by atoms with E-state index < -0.39 is 6.04 Å². The number of hydrogen-bond donors (Lipinski definition) is 2. The molecular formula is C15H28ClN3O3. The molecule has 2 aliphatic rings. The summed E-state index contributed by atoms with van der Waals surface area (Å²) in [6.07, 6.45) is 4.21. The zero-order chi connectivity index (χ0) is 15.2. The van der Waals surface area contributed by atoms with Crippen molar-refractivity contribution in [2.24, 2.45) is 11.7 Å². The highest BCUT2D eigenvalue weighted by Gasteiger charge is 2.30. The van der Waals surface area contributed by atoms with Crippen LogP contribution in [-0.2, 0) is 14.3 Å². The molecule has 3 atom stereocenters. The molecule has 1 saturated carbocycles. The zero-order valence-corrected chi connectivity index (χ0v) is 14.1. The van der Waals surface area contributed by atoms with E-state index in [0.717, 1.165) is 25.7 Å². The van der Waals surface area contributed by atoms with Gasteiger partial charge in [0.2, 0.25) is 11.8 Å². The Balaban J connectivity index is 0.00000242. The molecule has 1 heterocycles. The molecule has 2 fully saturated rings. The van der Waals surface area contributed by atoms with E-state index in [2.05, 4.69) is 5.32 Å². The summed E-state index contributed by atoms with van der Waals surface area (Å²) >= 11 is 0. The summed E-state index contributed by atoms with van der Waals surface area (Å²) < 4.78 is 5.26. The molecule has 2 rings (SSSR count). The third kappa shape index (κ3) is 5.11. The number of carbonyl (C=O) groups excluding carboxylic acids is 2. The molecule has 3 N–H and O–H groups in total. The number of nitrogens with zero attached hydrogens (tertiary/aromatic N) is 1. The van der Waals surface area contributed by atoms with E-state index >= 15 is 0 Å². The molecule has 2 amide bonds. The normalized spacial score (nSPS) is 26.7. The van der Waals surface area contributed by atoms with Crippen LogP contribution in [0.5, 0.6) is 0 Å². The lowest BCUT2D eigenvalue weighted by molar-refractivity contribution is -0.141. The van der Waals surface area contributed by atoms with E-state index in [-0.39, 0.29) is 36.2 Å². The van der Waals surface area contributed by atoms with Crippen LogP contribution in [0.2, 0.25) is 0 Å². The Morgan fingerprint density at radius 2 is 2.00 bits per heavy atom.